The highest BCUT2D eigenvalue weighted by Gasteiger charge is 2.21. The van der Waals surface area contributed by atoms with E-state index in [0.29, 0.717) is 11.8 Å². The Morgan fingerprint density at radius 2 is 1.92 bits per heavy atom. The minimum absolute atomic E-state index is 0.646. The minimum Gasteiger partial charge on any atom is -0.198 e. The van der Waals surface area contributed by atoms with Crippen molar-refractivity contribution in [3.63, 3.8) is 0 Å². The molecule has 1 saturated carbocycles. The summed E-state index contributed by atoms with van der Waals surface area (Å²) in [6, 6.07) is 2.32. The Balaban J connectivity index is 2.33. The van der Waals surface area contributed by atoms with Gasteiger partial charge in [-0.3, -0.25) is 0 Å². The molecule has 0 N–H and O–H groups in total. The summed E-state index contributed by atoms with van der Waals surface area (Å²) in [5, 5.41) is 8.71. The van der Waals surface area contributed by atoms with Crippen LogP contribution in [0.4, 0.5) is 0 Å². The van der Waals surface area contributed by atoms with Crippen LogP contribution in [0.15, 0.2) is 0 Å². The molecule has 0 aliphatic heterocycles. The normalized spacial score (nSPS) is 20.5. The van der Waals surface area contributed by atoms with Gasteiger partial charge in [-0.1, -0.05) is 39.5 Å². The van der Waals surface area contributed by atoms with Gasteiger partial charge in [0.1, 0.15) is 0 Å². The van der Waals surface area contributed by atoms with Crippen LogP contribution in [0, 0.1) is 29.1 Å². The number of rotatable bonds is 4. The van der Waals surface area contributed by atoms with Gasteiger partial charge in [0.15, 0.2) is 0 Å². The summed E-state index contributed by atoms with van der Waals surface area (Å²) in [7, 11) is 0. The molecule has 1 aliphatic carbocycles. The van der Waals surface area contributed by atoms with Crippen LogP contribution < -0.4 is 0 Å². The van der Waals surface area contributed by atoms with Gasteiger partial charge in [-0.25, -0.2) is 0 Å². The summed E-state index contributed by atoms with van der Waals surface area (Å²) in [6.45, 7) is 4.49. The first-order chi connectivity index (χ1) is 6.24. The van der Waals surface area contributed by atoms with Gasteiger partial charge in [-0.2, -0.15) is 5.26 Å². The second-order valence-corrected chi connectivity index (χ2v) is 4.75. The molecule has 0 amide bonds. The van der Waals surface area contributed by atoms with Gasteiger partial charge in [-0.15, -0.1) is 0 Å². The summed E-state index contributed by atoms with van der Waals surface area (Å²) < 4.78 is 0. The van der Waals surface area contributed by atoms with E-state index in [0.717, 1.165) is 12.3 Å². The maximum absolute atomic E-state index is 8.71. The fourth-order valence-electron chi connectivity index (χ4n) is 2.38. The number of hydrogen-bond acceptors (Lipinski definition) is 1. The van der Waals surface area contributed by atoms with Gasteiger partial charge in [0.25, 0.3) is 0 Å². The standard InChI is InChI=1S/C12H21N/c1-10(2)12(7-8-13)9-11-5-3-4-6-11/h10-12H,3-7,9H2,1-2H3. The summed E-state index contributed by atoms with van der Waals surface area (Å²) in [5.41, 5.74) is 0. The smallest absolute Gasteiger partial charge is 0.0624 e. The second-order valence-electron chi connectivity index (χ2n) is 4.75. The largest absolute Gasteiger partial charge is 0.198 e. The Bertz CT molecular complexity index is 172. The molecule has 0 saturated heterocycles. The molecule has 1 heteroatoms. The summed E-state index contributed by atoms with van der Waals surface area (Å²) in [6.07, 6.45) is 7.72. The summed E-state index contributed by atoms with van der Waals surface area (Å²) >= 11 is 0. The molecule has 1 unspecified atom stereocenters. The highest BCUT2D eigenvalue weighted by Crippen LogP contribution is 2.33. The van der Waals surface area contributed by atoms with Gasteiger partial charge < -0.3 is 0 Å². The van der Waals surface area contributed by atoms with Gasteiger partial charge in [0.05, 0.1) is 6.07 Å². The monoisotopic (exact) mass is 179 g/mol. The second kappa shape index (κ2) is 5.27. The lowest BCUT2D eigenvalue weighted by Gasteiger charge is -2.21. The van der Waals surface area contributed by atoms with Crippen molar-refractivity contribution in [1.29, 1.82) is 5.26 Å². The molecule has 1 atom stereocenters. The van der Waals surface area contributed by atoms with Crippen molar-refractivity contribution < 1.29 is 0 Å². The van der Waals surface area contributed by atoms with Gasteiger partial charge in [-0.05, 0) is 24.2 Å². The molecule has 1 aliphatic rings. The molecule has 0 heterocycles. The Hall–Kier alpha value is -0.510. The zero-order valence-electron chi connectivity index (χ0n) is 8.92. The average molecular weight is 179 g/mol. The number of nitrogens with zero attached hydrogens (tertiary/aromatic N) is 1. The molecule has 1 rings (SSSR count). The summed E-state index contributed by atoms with van der Waals surface area (Å²) in [5.74, 6) is 2.26. The van der Waals surface area contributed by atoms with E-state index in [1.807, 2.05) is 0 Å². The quantitative estimate of drug-likeness (QED) is 0.644. The van der Waals surface area contributed by atoms with Crippen LogP contribution >= 0.6 is 0 Å². The van der Waals surface area contributed by atoms with Crippen LogP contribution in [0.5, 0.6) is 0 Å². The lowest BCUT2D eigenvalue weighted by molar-refractivity contribution is 0.303. The minimum atomic E-state index is 0.646. The van der Waals surface area contributed by atoms with Gasteiger partial charge in [0.2, 0.25) is 0 Å². The van der Waals surface area contributed by atoms with Crippen LogP contribution in [0.1, 0.15) is 52.4 Å². The fraction of sp³-hybridized carbons (Fsp3) is 0.917. The van der Waals surface area contributed by atoms with Gasteiger partial charge in [0, 0.05) is 6.42 Å². The molecule has 0 radical (unpaired) electrons. The molecular formula is C12H21N. The van der Waals surface area contributed by atoms with Crippen molar-refractivity contribution in [2.45, 2.75) is 52.4 Å². The Morgan fingerprint density at radius 1 is 1.31 bits per heavy atom. The molecule has 0 aromatic rings. The Morgan fingerprint density at radius 3 is 2.38 bits per heavy atom. The zero-order chi connectivity index (χ0) is 9.68. The zero-order valence-corrected chi connectivity index (χ0v) is 8.92. The lowest BCUT2D eigenvalue weighted by atomic mass is 9.84. The SMILES string of the molecule is CC(C)C(CC#N)CC1CCCC1. The van der Waals surface area contributed by atoms with Crippen LogP contribution in [0.3, 0.4) is 0 Å². The van der Waals surface area contributed by atoms with E-state index in [-0.39, 0.29) is 0 Å². The third kappa shape index (κ3) is 3.38. The van der Waals surface area contributed by atoms with E-state index in [1.54, 1.807) is 0 Å². The molecule has 0 aromatic heterocycles. The predicted octanol–water partition coefficient (Wildman–Crippen LogP) is 3.75. The highest BCUT2D eigenvalue weighted by atomic mass is 14.3. The number of hydrogen-bond donors (Lipinski definition) is 0. The first kappa shape index (κ1) is 10.6. The van der Waals surface area contributed by atoms with Crippen LogP contribution in [-0.4, -0.2) is 0 Å². The topological polar surface area (TPSA) is 23.8 Å². The lowest BCUT2D eigenvalue weighted by Crippen LogP contribution is -2.12. The molecular weight excluding hydrogens is 158 g/mol. The highest BCUT2D eigenvalue weighted by molar-refractivity contribution is 4.81. The van der Waals surface area contributed by atoms with Crippen molar-refractivity contribution in [1.82, 2.24) is 0 Å². The third-order valence-electron chi connectivity index (χ3n) is 3.41. The molecule has 1 nitrogen and oxygen atoms in total. The van der Waals surface area contributed by atoms with Crippen molar-refractivity contribution >= 4 is 0 Å². The van der Waals surface area contributed by atoms with Crippen LogP contribution in [0.2, 0.25) is 0 Å². The van der Waals surface area contributed by atoms with E-state index in [1.165, 1.54) is 32.1 Å². The molecule has 0 spiro atoms. The van der Waals surface area contributed by atoms with Crippen molar-refractivity contribution in [2.75, 3.05) is 0 Å². The summed E-state index contributed by atoms with van der Waals surface area (Å²) in [4.78, 5) is 0. The average Bonchev–Trinajstić information content (AvgIpc) is 2.56. The third-order valence-corrected chi connectivity index (χ3v) is 3.41. The molecule has 0 bridgehead atoms. The molecule has 13 heavy (non-hydrogen) atoms. The van der Waals surface area contributed by atoms with E-state index >= 15 is 0 Å². The maximum atomic E-state index is 8.71. The van der Waals surface area contributed by atoms with E-state index in [9.17, 15) is 0 Å². The maximum Gasteiger partial charge on any atom is 0.0624 e. The van der Waals surface area contributed by atoms with Crippen molar-refractivity contribution in [2.24, 2.45) is 17.8 Å². The number of nitriles is 1. The first-order valence-corrected chi connectivity index (χ1v) is 5.61. The van der Waals surface area contributed by atoms with E-state index in [4.69, 9.17) is 5.26 Å². The van der Waals surface area contributed by atoms with Crippen LogP contribution in [-0.2, 0) is 0 Å². The van der Waals surface area contributed by atoms with Gasteiger partial charge >= 0.3 is 0 Å². The Kier molecular flexibility index (Phi) is 4.28. The molecule has 0 aromatic carbocycles. The molecule has 74 valence electrons. The van der Waals surface area contributed by atoms with Crippen LogP contribution in [0.25, 0.3) is 0 Å². The van der Waals surface area contributed by atoms with Crippen molar-refractivity contribution in [3.8, 4) is 6.07 Å². The predicted molar refractivity (Wildman–Crippen MR) is 55.1 cm³/mol. The molecule has 1 fully saturated rings. The van der Waals surface area contributed by atoms with E-state index < -0.39 is 0 Å². The first-order valence-electron chi connectivity index (χ1n) is 5.61. The van der Waals surface area contributed by atoms with Crippen molar-refractivity contribution in [3.05, 3.63) is 0 Å². The Labute approximate surface area is 82.1 Å². The fourth-order valence-corrected chi connectivity index (χ4v) is 2.38. The van der Waals surface area contributed by atoms with E-state index in [2.05, 4.69) is 19.9 Å².